The molecular formula is C24H26FNO4. The van der Waals surface area contributed by atoms with Crippen LogP contribution >= 0.6 is 0 Å². The molecule has 2 aromatic carbocycles. The Kier molecular flexibility index (Phi) is 4.99. The predicted molar refractivity (Wildman–Crippen MR) is 109 cm³/mol. The lowest BCUT2D eigenvalue weighted by Gasteiger charge is -2.36. The number of halogens is 1. The first-order chi connectivity index (χ1) is 14.5. The van der Waals surface area contributed by atoms with Gasteiger partial charge < -0.3 is 19.5 Å². The Morgan fingerprint density at radius 3 is 2.53 bits per heavy atom. The van der Waals surface area contributed by atoms with Crippen molar-refractivity contribution in [2.75, 3.05) is 20.2 Å². The first-order valence-electron chi connectivity index (χ1n) is 10.5. The van der Waals surface area contributed by atoms with Crippen LogP contribution in [0.1, 0.15) is 23.5 Å². The van der Waals surface area contributed by atoms with Crippen molar-refractivity contribution in [3.63, 3.8) is 0 Å². The van der Waals surface area contributed by atoms with Crippen LogP contribution in [0.5, 0.6) is 5.75 Å². The molecule has 0 unspecified atom stereocenters. The van der Waals surface area contributed by atoms with Crippen molar-refractivity contribution >= 4 is 5.91 Å². The van der Waals surface area contributed by atoms with Gasteiger partial charge in [-0.1, -0.05) is 24.3 Å². The number of fused-ring (bicyclic) bond motifs is 4. The molecule has 2 aromatic rings. The van der Waals surface area contributed by atoms with E-state index in [0.717, 1.165) is 23.3 Å². The molecule has 3 saturated heterocycles. The fourth-order valence-corrected chi connectivity index (χ4v) is 5.46. The van der Waals surface area contributed by atoms with Gasteiger partial charge in [0.05, 0.1) is 31.8 Å². The van der Waals surface area contributed by atoms with Gasteiger partial charge in [-0.25, -0.2) is 4.39 Å². The minimum Gasteiger partial charge on any atom is -0.497 e. The monoisotopic (exact) mass is 411 g/mol. The minimum atomic E-state index is -0.574. The summed E-state index contributed by atoms with van der Waals surface area (Å²) < 4.78 is 24.7. The van der Waals surface area contributed by atoms with E-state index in [2.05, 4.69) is 0 Å². The van der Waals surface area contributed by atoms with Gasteiger partial charge in [-0.05, 0) is 41.8 Å². The number of carbonyl (C=O) groups excluding carboxylic acids is 1. The number of rotatable bonds is 4. The first-order valence-corrected chi connectivity index (χ1v) is 10.5. The second-order valence-electron chi connectivity index (χ2n) is 8.67. The molecule has 0 spiro atoms. The molecule has 158 valence electrons. The zero-order chi connectivity index (χ0) is 20.8. The maximum Gasteiger partial charge on any atom is 0.227 e. The summed E-state index contributed by atoms with van der Waals surface area (Å²) in [5, 5.41) is 10.9. The van der Waals surface area contributed by atoms with Crippen molar-refractivity contribution < 1.29 is 23.8 Å². The number of hydrogen-bond donors (Lipinski definition) is 1. The highest BCUT2D eigenvalue weighted by atomic mass is 19.1. The molecule has 3 heterocycles. The number of methoxy groups -OCH3 is 1. The largest absolute Gasteiger partial charge is 0.497 e. The van der Waals surface area contributed by atoms with Gasteiger partial charge in [-0.15, -0.1) is 0 Å². The van der Waals surface area contributed by atoms with Crippen LogP contribution in [0.4, 0.5) is 4.39 Å². The quantitative estimate of drug-likeness (QED) is 0.841. The Balaban J connectivity index is 1.31. The van der Waals surface area contributed by atoms with Crippen molar-refractivity contribution in [1.29, 1.82) is 0 Å². The molecule has 30 heavy (non-hydrogen) atoms. The van der Waals surface area contributed by atoms with E-state index >= 15 is 0 Å². The summed E-state index contributed by atoms with van der Waals surface area (Å²) >= 11 is 0. The maximum absolute atomic E-state index is 13.4. The van der Waals surface area contributed by atoms with Crippen LogP contribution in [-0.2, 0) is 16.0 Å². The molecular weight excluding hydrogens is 385 g/mol. The Bertz CT molecular complexity index is 916. The molecule has 0 saturated carbocycles. The van der Waals surface area contributed by atoms with Gasteiger partial charge in [-0.3, -0.25) is 4.79 Å². The second-order valence-corrected chi connectivity index (χ2v) is 8.67. The normalized spacial score (nSPS) is 32.2. The molecule has 6 atom stereocenters. The van der Waals surface area contributed by atoms with Crippen molar-refractivity contribution in [3.05, 3.63) is 65.5 Å². The maximum atomic E-state index is 13.4. The SMILES string of the molecule is COc1ccc(CC(=O)N2C[C@H]3[C@H](O)[C@@H]4C[C@H](c5ccc(F)cc5)[C@@H](O4)[C@H]3C2)cc1. The summed E-state index contributed by atoms with van der Waals surface area (Å²) in [4.78, 5) is 14.8. The van der Waals surface area contributed by atoms with Crippen LogP contribution in [0, 0.1) is 17.7 Å². The van der Waals surface area contributed by atoms with Crippen LogP contribution in [-0.4, -0.2) is 54.4 Å². The molecule has 3 aliphatic heterocycles. The number of benzene rings is 2. The average Bonchev–Trinajstić information content (AvgIpc) is 3.37. The fourth-order valence-electron chi connectivity index (χ4n) is 5.46. The van der Waals surface area contributed by atoms with Crippen LogP contribution in [0.3, 0.4) is 0 Å². The van der Waals surface area contributed by atoms with Gasteiger partial charge in [-0.2, -0.15) is 0 Å². The number of nitrogens with zero attached hydrogens (tertiary/aromatic N) is 1. The van der Waals surface area contributed by atoms with Gasteiger partial charge in [0.1, 0.15) is 11.6 Å². The van der Waals surface area contributed by atoms with Gasteiger partial charge in [0.25, 0.3) is 0 Å². The standard InChI is InChI=1S/C24H26FNO4/c1-29-17-8-2-14(3-9-17)10-22(27)26-12-19-20(13-26)24-18(11-21(30-24)23(19)28)15-4-6-16(25)7-5-15/h2-9,18-21,23-24,28H,10-13H2,1H3/t18-,19-,20+,21+,23+,24-/m1/s1. The Morgan fingerprint density at radius 2 is 1.83 bits per heavy atom. The highest BCUT2D eigenvalue weighted by Crippen LogP contribution is 2.50. The Hall–Kier alpha value is -2.44. The number of aliphatic hydroxyl groups excluding tert-OH is 1. The van der Waals surface area contributed by atoms with E-state index in [1.807, 2.05) is 41.3 Å². The third kappa shape index (κ3) is 3.38. The molecule has 5 nitrogen and oxygen atoms in total. The molecule has 3 aliphatic rings. The zero-order valence-corrected chi connectivity index (χ0v) is 16.9. The van der Waals surface area contributed by atoms with Crippen molar-refractivity contribution in [2.45, 2.75) is 37.1 Å². The molecule has 5 rings (SSSR count). The van der Waals surface area contributed by atoms with Crippen LogP contribution in [0.2, 0.25) is 0 Å². The number of likely N-dealkylation sites (tertiary alicyclic amines) is 1. The second kappa shape index (κ2) is 7.67. The van der Waals surface area contributed by atoms with Gasteiger partial charge in [0, 0.05) is 30.8 Å². The Labute approximate surface area is 175 Å². The molecule has 0 aromatic heterocycles. The lowest BCUT2D eigenvalue weighted by atomic mass is 9.81. The first kappa shape index (κ1) is 19.5. The summed E-state index contributed by atoms with van der Waals surface area (Å²) in [6.07, 6.45) is 0.228. The van der Waals surface area contributed by atoms with Crippen LogP contribution < -0.4 is 4.74 Å². The number of carbonyl (C=O) groups is 1. The predicted octanol–water partition coefficient (Wildman–Crippen LogP) is 2.77. The van der Waals surface area contributed by atoms with Crippen LogP contribution in [0.25, 0.3) is 0 Å². The van der Waals surface area contributed by atoms with Crippen molar-refractivity contribution in [2.24, 2.45) is 11.8 Å². The summed E-state index contributed by atoms with van der Waals surface area (Å²) in [6, 6.07) is 14.1. The summed E-state index contributed by atoms with van der Waals surface area (Å²) in [6.45, 7) is 1.15. The average molecular weight is 411 g/mol. The van der Waals surface area contributed by atoms with Gasteiger partial charge >= 0.3 is 0 Å². The molecule has 1 N–H and O–H groups in total. The van der Waals surface area contributed by atoms with E-state index in [1.165, 1.54) is 12.1 Å². The van der Waals surface area contributed by atoms with E-state index in [-0.39, 0.29) is 41.7 Å². The number of aliphatic hydroxyl groups is 1. The van der Waals surface area contributed by atoms with E-state index in [9.17, 15) is 14.3 Å². The van der Waals surface area contributed by atoms with Crippen LogP contribution in [0.15, 0.2) is 48.5 Å². The molecule has 6 heteroatoms. The molecule has 0 aliphatic carbocycles. The third-order valence-corrected chi connectivity index (χ3v) is 7.03. The van der Waals surface area contributed by atoms with E-state index < -0.39 is 6.10 Å². The number of ether oxygens (including phenoxy) is 2. The highest BCUT2D eigenvalue weighted by Gasteiger charge is 2.56. The third-order valence-electron chi connectivity index (χ3n) is 7.03. The summed E-state index contributed by atoms with van der Waals surface area (Å²) in [5.41, 5.74) is 1.98. The molecule has 2 bridgehead atoms. The Morgan fingerprint density at radius 1 is 1.13 bits per heavy atom. The van der Waals surface area contributed by atoms with Crippen molar-refractivity contribution in [1.82, 2.24) is 4.90 Å². The minimum absolute atomic E-state index is 0.0269. The zero-order valence-electron chi connectivity index (χ0n) is 16.9. The topological polar surface area (TPSA) is 59.0 Å². The molecule has 1 amide bonds. The number of hydrogen-bond acceptors (Lipinski definition) is 4. The number of amides is 1. The highest BCUT2D eigenvalue weighted by molar-refractivity contribution is 5.79. The molecule has 3 fully saturated rings. The van der Waals surface area contributed by atoms with Gasteiger partial charge in [0.2, 0.25) is 5.91 Å². The van der Waals surface area contributed by atoms with E-state index in [0.29, 0.717) is 19.5 Å². The van der Waals surface area contributed by atoms with E-state index in [1.54, 1.807) is 7.11 Å². The summed E-state index contributed by atoms with van der Waals surface area (Å²) in [7, 11) is 1.62. The lowest BCUT2D eigenvalue weighted by molar-refractivity contribution is -0.129. The fraction of sp³-hybridized carbons (Fsp3) is 0.458. The van der Waals surface area contributed by atoms with Crippen molar-refractivity contribution in [3.8, 4) is 5.75 Å². The lowest BCUT2D eigenvalue weighted by Crippen LogP contribution is -2.46. The smallest absolute Gasteiger partial charge is 0.227 e. The van der Waals surface area contributed by atoms with E-state index in [4.69, 9.17) is 9.47 Å². The van der Waals surface area contributed by atoms with Gasteiger partial charge in [0.15, 0.2) is 0 Å². The molecule has 0 radical (unpaired) electrons. The summed E-state index contributed by atoms with van der Waals surface area (Å²) in [5.74, 6) is 0.816.